The molecule has 3 heterocycles. The van der Waals surface area contributed by atoms with E-state index >= 15 is 9.59 Å². The molecule has 11 nitrogen and oxygen atoms in total. The summed E-state index contributed by atoms with van der Waals surface area (Å²) in [6, 6.07) is 20.0. The minimum atomic E-state index is -1.42. The molecular formula is C44H52BrN3O8. The monoisotopic (exact) mass is 829 g/mol. The van der Waals surface area contributed by atoms with Crippen LogP contribution >= 0.6 is 15.9 Å². The Morgan fingerprint density at radius 3 is 2.46 bits per heavy atom. The highest BCUT2D eigenvalue weighted by molar-refractivity contribution is 9.09. The third-order valence-electron chi connectivity index (χ3n) is 11.7. The summed E-state index contributed by atoms with van der Waals surface area (Å²) in [5.74, 6) is -4.15. The Morgan fingerprint density at radius 1 is 1.09 bits per heavy atom. The predicted octanol–water partition coefficient (Wildman–Crippen LogP) is 5.90. The number of methoxy groups -OCH3 is 1. The van der Waals surface area contributed by atoms with Crippen LogP contribution in [0.3, 0.4) is 0 Å². The molecule has 56 heavy (non-hydrogen) atoms. The number of aliphatic hydroxyl groups is 1. The average molecular weight is 831 g/mol. The second-order valence-corrected chi connectivity index (χ2v) is 16.2. The van der Waals surface area contributed by atoms with E-state index in [1.165, 1.54) is 12.0 Å². The van der Waals surface area contributed by atoms with Crippen molar-refractivity contribution in [1.82, 2.24) is 10.2 Å². The Bertz CT molecular complexity index is 1930. The fraction of sp³-hybridized carbons (Fsp3) is 0.455. The first kappa shape index (κ1) is 41.3. The van der Waals surface area contributed by atoms with Crippen LogP contribution in [0.15, 0.2) is 98.1 Å². The lowest BCUT2D eigenvalue weighted by Gasteiger charge is -2.41. The molecule has 1 unspecified atom stereocenters. The van der Waals surface area contributed by atoms with Gasteiger partial charge in [-0.05, 0) is 47.2 Å². The summed E-state index contributed by atoms with van der Waals surface area (Å²) >= 11 is 3.77. The largest absolute Gasteiger partial charge is 0.455 e. The molecule has 12 heteroatoms. The molecule has 2 bridgehead atoms. The quantitative estimate of drug-likeness (QED) is 0.0921. The number of hydrogen-bond acceptors (Lipinski definition) is 8. The number of anilines is 1. The fourth-order valence-corrected chi connectivity index (χ4v) is 9.80. The number of hydrogen-bond donors (Lipinski definition) is 2. The van der Waals surface area contributed by atoms with Crippen LogP contribution < -0.4 is 10.2 Å². The van der Waals surface area contributed by atoms with E-state index in [0.29, 0.717) is 24.1 Å². The molecule has 3 aromatic carbocycles. The Morgan fingerprint density at radius 2 is 1.80 bits per heavy atom. The smallest absolute Gasteiger partial charge is 0.313 e. The number of ether oxygens (including phenoxy) is 3. The summed E-state index contributed by atoms with van der Waals surface area (Å²) in [4.78, 5) is 60.9. The van der Waals surface area contributed by atoms with E-state index in [9.17, 15) is 14.7 Å². The van der Waals surface area contributed by atoms with Gasteiger partial charge in [0.1, 0.15) is 17.7 Å². The molecule has 0 radical (unpaired) electrons. The number of carbonyl (C=O) groups excluding carboxylic acids is 4. The molecule has 3 aliphatic rings. The number of fused-ring (bicyclic) bond motifs is 2. The summed E-state index contributed by atoms with van der Waals surface area (Å²) in [5, 5.41) is 15.8. The zero-order valence-corrected chi connectivity index (χ0v) is 33.8. The topological polar surface area (TPSA) is 135 Å². The van der Waals surface area contributed by atoms with Crippen molar-refractivity contribution in [3.8, 4) is 0 Å². The van der Waals surface area contributed by atoms with Gasteiger partial charge in [-0.15, -0.1) is 13.2 Å². The van der Waals surface area contributed by atoms with Crippen molar-refractivity contribution < 1.29 is 38.5 Å². The van der Waals surface area contributed by atoms with Gasteiger partial charge in [-0.3, -0.25) is 19.2 Å². The number of halogens is 1. The summed E-state index contributed by atoms with van der Waals surface area (Å²) in [5.41, 5.74) is -0.170. The second kappa shape index (κ2) is 17.8. The highest BCUT2D eigenvalue weighted by Crippen LogP contribution is 2.61. The molecule has 0 aromatic heterocycles. The molecule has 2 N–H and O–H groups in total. The van der Waals surface area contributed by atoms with Crippen LogP contribution in [0.25, 0.3) is 10.8 Å². The third-order valence-corrected chi connectivity index (χ3v) is 12.6. The van der Waals surface area contributed by atoms with Gasteiger partial charge in [-0.1, -0.05) is 109 Å². The molecule has 10 atom stereocenters. The number of likely N-dealkylation sites (tertiary alicyclic amines) is 1. The van der Waals surface area contributed by atoms with Gasteiger partial charge in [0.15, 0.2) is 0 Å². The molecule has 3 amide bonds. The van der Waals surface area contributed by atoms with Gasteiger partial charge in [0.25, 0.3) is 5.91 Å². The number of allylic oxidation sites excluding steroid dienone is 1. The van der Waals surface area contributed by atoms with Gasteiger partial charge >= 0.3 is 5.97 Å². The minimum absolute atomic E-state index is 0.0377. The maximum absolute atomic E-state index is 15.3. The first-order chi connectivity index (χ1) is 27.0. The van der Waals surface area contributed by atoms with E-state index in [-0.39, 0.29) is 44.4 Å². The second-order valence-electron chi connectivity index (χ2n) is 15.0. The molecule has 0 aliphatic carbocycles. The molecule has 6 rings (SSSR count). The van der Waals surface area contributed by atoms with E-state index in [2.05, 4.69) is 34.4 Å². The van der Waals surface area contributed by atoms with Gasteiger partial charge in [-0.25, -0.2) is 0 Å². The van der Waals surface area contributed by atoms with Crippen LogP contribution in [0, 0.1) is 17.8 Å². The Balaban J connectivity index is 1.41. The van der Waals surface area contributed by atoms with E-state index < -0.39 is 70.4 Å². The predicted molar refractivity (Wildman–Crippen MR) is 218 cm³/mol. The van der Waals surface area contributed by atoms with Crippen molar-refractivity contribution in [3.05, 3.63) is 104 Å². The van der Waals surface area contributed by atoms with E-state index in [1.54, 1.807) is 29.2 Å². The number of esters is 1. The summed E-state index contributed by atoms with van der Waals surface area (Å²) in [7, 11) is 1.50. The van der Waals surface area contributed by atoms with Gasteiger partial charge < -0.3 is 34.4 Å². The molecule has 3 fully saturated rings. The van der Waals surface area contributed by atoms with E-state index in [0.717, 1.165) is 10.8 Å². The number of carbonyl (C=O) groups is 4. The zero-order chi connectivity index (χ0) is 40.1. The first-order valence-corrected chi connectivity index (χ1v) is 20.3. The normalized spacial score (nSPS) is 25.9. The number of rotatable bonds is 18. The molecular weight excluding hydrogens is 778 g/mol. The fourth-order valence-electron chi connectivity index (χ4n) is 8.86. The van der Waals surface area contributed by atoms with Crippen molar-refractivity contribution in [3.63, 3.8) is 0 Å². The lowest BCUT2D eigenvalue weighted by molar-refractivity contribution is -0.163. The standard InChI is InChI=1S/C44H52BrN3O8/c1-6-9-19-35(50)46-33(26-54-5)38(29-16-11-10-12-17-29)55-43(53)36-37-41(51)48(34(25-49)27(4)8-3)40(44(37)24-32(45)39(36)56-44)42(52)47(22-7-2)31-21-20-28-15-13-14-18-30(28)23-31/h6-7,10-18,20-21,23,27,32-34,36-40,49H,1-2,8-9,19,22,24-26H2,3-5H3,(H,46,50)/t27-,32?,33-,34-,36+,37-,38-,39+,40+,44-/m0/s1. The minimum Gasteiger partial charge on any atom is -0.455 e. The van der Waals surface area contributed by atoms with Crippen LogP contribution in [0.5, 0.6) is 0 Å². The Kier molecular flexibility index (Phi) is 13.1. The van der Waals surface area contributed by atoms with Gasteiger partial charge in [0, 0.05) is 30.6 Å². The molecule has 1 spiro atoms. The number of alkyl halides is 1. The molecule has 0 saturated carbocycles. The maximum atomic E-state index is 15.3. The Hall–Kier alpha value is -4.36. The third kappa shape index (κ3) is 7.68. The number of nitrogens with zero attached hydrogens (tertiary/aromatic N) is 2. The summed E-state index contributed by atoms with van der Waals surface area (Å²) < 4.78 is 18.7. The average Bonchev–Trinajstić information content (AvgIpc) is 3.81. The molecule has 3 saturated heterocycles. The number of nitrogens with one attached hydrogen (secondary N) is 1. The molecule has 3 aliphatic heterocycles. The van der Waals surface area contributed by atoms with E-state index in [4.69, 9.17) is 14.2 Å². The summed E-state index contributed by atoms with van der Waals surface area (Å²) in [6.07, 6.45) is 3.08. The number of aliphatic hydroxyl groups excluding tert-OH is 1. The SMILES string of the molecule is C=CCCC(=O)N[C@@H](COC)[C@@H](OC(=O)[C@H]1[C@@H]2O[C@@]3(CC2Br)[C@@H]1C(=O)N([C@@H](CO)[C@@H](C)CC)[C@@H]3C(=O)N(CC=C)c1ccc2ccccc2c1)c1ccccc1. The van der Waals surface area contributed by atoms with Gasteiger partial charge in [0.2, 0.25) is 11.8 Å². The zero-order valence-electron chi connectivity index (χ0n) is 32.2. The lowest BCUT2D eigenvalue weighted by atomic mass is 9.70. The first-order valence-electron chi connectivity index (χ1n) is 19.4. The highest BCUT2D eigenvalue weighted by Gasteiger charge is 2.78. The van der Waals surface area contributed by atoms with Crippen molar-refractivity contribution in [1.29, 1.82) is 0 Å². The van der Waals surface area contributed by atoms with E-state index in [1.807, 2.05) is 74.5 Å². The number of benzene rings is 3. The maximum Gasteiger partial charge on any atom is 0.313 e. The van der Waals surface area contributed by atoms with Crippen molar-refractivity contribution in [2.24, 2.45) is 17.8 Å². The molecule has 298 valence electrons. The highest BCUT2D eigenvalue weighted by atomic mass is 79.9. The summed E-state index contributed by atoms with van der Waals surface area (Å²) in [6.45, 7) is 11.4. The van der Waals surface area contributed by atoms with Crippen molar-refractivity contribution in [2.45, 2.75) is 80.3 Å². The van der Waals surface area contributed by atoms with Crippen LogP contribution in [0.1, 0.15) is 51.2 Å². The van der Waals surface area contributed by atoms with Crippen LogP contribution in [0.4, 0.5) is 5.69 Å². The number of amides is 3. The van der Waals surface area contributed by atoms with Crippen molar-refractivity contribution >= 4 is 56.1 Å². The lowest BCUT2D eigenvalue weighted by Crippen LogP contribution is -2.60. The van der Waals surface area contributed by atoms with Crippen LogP contribution in [-0.4, -0.2) is 95.2 Å². The van der Waals surface area contributed by atoms with Gasteiger partial charge in [-0.2, -0.15) is 0 Å². The van der Waals surface area contributed by atoms with Gasteiger partial charge in [0.05, 0.1) is 43.2 Å². The van der Waals surface area contributed by atoms with Crippen LogP contribution in [0.2, 0.25) is 0 Å². The Labute approximate surface area is 337 Å². The van der Waals surface area contributed by atoms with Crippen molar-refractivity contribution in [2.75, 3.05) is 31.8 Å². The molecule has 3 aromatic rings. The van der Waals surface area contributed by atoms with Crippen LogP contribution in [-0.2, 0) is 33.4 Å².